The van der Waals surface area contributed by atoms with Crippen molar-refractivity contribution in [3.63, 3.8) is 0 Å². The number of carbonyl (C=O) groups is 1. The Balaban J connectivity index is 2.21. The monoisotopic (exact) mass is 336 g/mol. The lowest BCUT2D eigenvalue weighted by molar-refractivity contribution is 0.0982. The summed E-state index contributed by atoms with van der Waals surface area (Å²) in [4.78, 5) is 16.9. The molecule has 0 aliphatic carbocycles. The van der Waals surface area contributed by atoms with Gasteiger partial charge in [0.2, 0.25) is 0 Å². The zero-order valence-electron chi connectivity index (χ0n) is 14.2. The molecule has 0 amide bonds. The topological polar surface area (TPSA) is 82.5 Å². The molecule has 2 aromatic carbocycles. The van der Waals surface area contributed by atoms with Crippen LogP contribution in [0.4, 0.5) is 11.4 Å². The van der Waals surface area contributed by atoms with Crippen molar-refractivity contribution in [2.24, 2.45) is 0 Å². The van der Waals surface area contributed by atoms with Crippen LogP contribution in [0.15, 0.2) is 42.6 Å². The Bertz CT molecular complexity index is 951. The molecule has 0 atom stereocenters. The van der Waals surface area contributed by atoms with Crippen LogP contribution in [-0.4, -0.2) is 21.0 Å². The maximum atomic E-state index is 12.5. The molecule has 5 nitrogen and oxygen atoms in total. The summed E-state index contributed by atoms with van der Waals surface area (Å²) in [6.07, 6.45) is 2.72. The van der Waals surface area contributed by atoms with Crippen LogP contribution in [0.25, 0.3) is 10.9 Å². The second kappa shape index (κ2) is 6.81. The van der Waals surface area contributed by atoms with Crippen molar-refractivity contribution < 1.29 is 15.0 Å². The Hall–Kier alpha value is -3.08. The minimum absolute atomic E-state index is 0.0134. The number of anilines is 2. The predicted molar refractivity (Wildman–Crippen MR) is 98.8 cm³/mol. The van der Waals surface area contributed by atoms with Gasteiger partial charge in [-0.05, 0) is 43.2 Å². The summed E-state index contributed by atoms with van der Waals surface area (Å²) in [6.45, 7) is 3.86. The average molecular weight is 336 g/mol. The first-order chi connectivity index (χ1) is 12.0. The van der Waals surface area contributed by atoms with Crippen LogP contribution in [0.5, 0.6) is 11.5 Å². The molecule has 0 aliphatic heterocycles. The molecule has 3 rings (SSSR count). The maximum absolute atomic E-state index is 12.5. The van der Waals surface area contributed by atoms with Crippen molar-refractivity contribution in [1.29, 1.82) is 0 Å². The number of Topliss-reactive ketones (excluding diaryl/α,β-unsaturated/α-hetero) is 1. The van der Waals surface area contributed by atoms with Gasteiger partial charge < -0.3 is 15.5 Å². The van der Waals surface area contributed by atoms with E-state index in [-0.39, 0.29) is 17.3 Å². The van der Waals surface area contributed by atoms with Crippen molar-refractivity contribution in [2.75, 3.05) is 5.32 Å². The number of fused-ring (bicyclic) bond motifs is 1. The average Bonchev–Trinajstić information content (AvgIpc) is 2.58. The van der Waals surface area contributed by atoms with Gasteiger partial charge in [0.1, 0.15) is 11.5 Å². The van der Waals surface area contributed by atoms with Crippen LogP contribution in [0.1, 0.15) is 35.7 Å². The van der Waals surface area contributed by atoms with Gasteiger partial charge in [-0.3, -0.25) is 9.78 Å². The number of nitrogens with zero attached hydrogens (tertiary/aromatic N) is 1. The molecule has 0 spiro atoms. The third-order valence-electron chi connectivity index (χ3n) is 4.11. The zero-order chi connectivity index (χ0) is 18.0. The van der Waals surface area contributed by atoms with E-state index in [1.165, 1.54) is 0 Å². The molecule has 3 aromatic rings. The van der Waals surface area contributed by atoms with E-state index in [0.717, 1.165) is 12.0 Å². The van der Waals surface area contributed by atoms with Crippen molar-refractivity contribution >= 4 is 28.1 Å². The SMILES string of the molecule is CCCC(=O)c1cnc2ccc(O)cc2c1Nc1cc(O)ccc1C. The first-order valence-corrected chi connectivity index (χ1v) is 8.21. The summed E-state index contributed by atoms with van der Waals surface area (Å²) in [7, 11) is 0. The van der Waals surface area contributed by atoms with E-state index in [1.807, 2.05) is 13.8 Å². The van der Waals surface area contributed by atoms with Crippen LogP contribution in [0, 0.1) is 6.92 Å². The first kappa shape index (κ1) is 16.8. The molecule has 0 fully saturated rings. The number of benzene rings is 2. The third kappa shape index (κ3) is 3.40. The van der Waals surface area contributed by atoms with Gasteiger partial charge in [0.05, 0.1) is 16.8 Å². The highest BCUT2D eigenvalue weighted by atomic mass is 16.3. The van der Waals surface area contributed by atoms with Gasteiger partial charge >= 0.3 is 0 Å². The summed E-state index contributed by atoms with van der Waals surface area (Å²) in [5, 5.41) is 23.6. The minimum atomic E-state index is -0.0134. The molecule has 0 saturated carbocycles. The Morgan fingerprint density at radius 1 is 1.12 bits per heavy atom. The molecular weight excluding hydrogens is 316 g/mol. The Morgan fingerprint density at radius 3 is 2.60 bits per heavy atom. The van der Waals surface area contributed by atoms with Gasteiger partial charge in [-0.2, -0.15) is 0 Å². The first-order valence-electron chi connectivity index (χ1n) is 8.21. The molecule has 3 N–H and O–H groups in total. The van der Waals surface area contributed by atoms with Crippen molar-refractivity contribution in [3.8, 4) is 11.5 Å². The van der Waals surface area contributed by atoms with Gasteiger partial charge in [0.25, 0.3) is 0 Å². The molecule has 1 aromatic heterocycles. The van der Waals surface area contributed by atoms with E-state index < -0.39 is 0 Å². The molecule has 5 heteroatoms. The number of phenols is 2. The van der Waals surface area contributed by atoms with Gasteiger partial charge in [-0.1, -0.05) is 13.0 Å². The Morgan fingerprint density at radius 2 is 1.84 bits per heavy atom. The van der Waals surface area contributed by atoms with Crippen molar-refractivity contribution in [1.82, 2.24) is 4.98 Å². The second-order valence-corrected chi connectivity index (χ2v) is 6.05. The summed E-state index contributed by atoms with van der Waals surface area (Å²) in [5.74, 6) is 0.223. The van der Waals surface area contributed by atoms with Crippen LogP contribution >= 0.6 is 0 Å². The predicted octanol–water partition coefficient (Wildman–Crippen LogP) is 4.68. The number of carbonyl (C=O) groups excluding carboxylic acids is 1. The lowest BCUT2D eigenvalue weighted by Gasteiger charge is -2.16. The Labute approximate surface area is 146 Å². The molecule has 0 saturated heterocycles. The van der Waals surface area contributed by atoms with Gasteiger partial charge in [-0.15, -0.1) is 0 Å². The lowest BCUT2D eigenvalue weighted by atomic mass is 10.0. The molecule has 128 valence electrons. The van der Waals surface area contributed by atoms with E-state index >= 15 is 0 Å². The molecule has 0 radical (unpaired) electrons. The Kier molecular flexibility index (Phi) is 4.57. The number of aromatic nitrogens is 1. The smallest absolute Gasteiger partial charge is 0.166 e. The molecular formula is C20H20N2O3. The van der Waals surface area contributed by atoms with E-state index in [1.54, 1.807) is 42.6 Å². The fraction of sp³-hybridized carbons (Fsp3) is 0.200. The van der Waals surface area contributed by atoms with Crippen LogP contribution < -0.4 is 5.32 Å². The summed E-state index contributed by atoms with van der Waals surface area (Å²) in [5.41, 5.74) is 3.36. The van der Waals surface area contributed by atoms with Crippen molar-refractivity contribution in [3.05, 3.63) is 53.7 Å². The van der Waals surface area contributed by atoms with E-state index in [4.69, 9.17) is 0 Å². The number of nitrogens with one attached hydrogen (secondary N) is 1. The normalized spacial score (nSPS) is 10.8. The van der Waals surface area contributed by atoms with Gasteiger partial charge in [-0.25, -0.2) is 0 Å². The number of aromatic hydroxyl groups is 2. The summed E-state index contributed by atoms with van der Waals surface area (Å²) < 4.78 is 0. The maximum Gasteiger partial charge on any atom is 0.166 e. The van der Waals surface area contributed by atoms with Gasteiger partial charge in [0, 0.05) is 29.8 Å². The molecule has 0 bridgehead atoms. The summed E-state index contributed by atoms with van der Waals surface area (Å²) in [6, 6.07) is 9.88. The van der Waals surface area contributed by atoms with E-state index in [9.17, 15) is 15.0 Å². The number of hydrogen-bond acceptors (Lipinski definition) is 5. The van der Waals surface area contributed by atoms with Crippen molar-refractivity contribution in [2.45, 2.75) is 26.7 Å². The number of phenolic OH excluding ortho intramolecular Hbond substituents is 2. The van der Waals surface area contributed by atoms with Gasteiger partial charge in [0.15, 0.2) is 5.78 Å². The highest BCUT2D eigenvalue weighted by Crippen LogP contribution is 2.34. The number of rotatable bonds is 5. The van der Waals surface area contributed by atoms with Crippen LogP contribution in [0.2, 0.25) is 0 Å². The number of pyridine rings is 1. The minimum Gasteiger partial charge on any atom is -0.508 e. The fourth-order valence-electron chi connectivity index (χ4n) is 2.77. The molecule has 25 heavy (non-hydrogen) atoms. The number of aryl methyl sites for hydroxylation is 1. The standard InChI is InChI=1S/C20H20N2O3/c1-3-4-19(25)16-11-21-17-8-7-13(23)9-15(17)20(16)22-18-10-14(24)6-5-12(18)2/h5-11,23-24H,3-4H2,1-2H3,(H,21,22). The van der Waals surface area contributed by atoms with Crippen LogP contribution in [0.3, 0.4) is 0 Å². The highest BCUT2D eigenvalue weighted by molar-refractivity contribution is 6.09. The number of hydrogen-bond donors (Lipinski definition) is 3. The van der Waals surface area contributed by atoms with Crippen LogP contribution in [-0.2, 0) is 0 Å². The second-order valence-electron chi connectivity index (χ2n) is 6.05. The van der Waals surface area contributed by atoms with E-state index in [0.29, 0.717) is 34.3 Å². The quantitative estimate of drug-likeness (QED) is 0.589. The highest BCUT2D eigenvalue weighted by Gasteiger charge is 2.16. The third-order valence-corrected chi connectivity index (χ3v) is 4.11. The lowest BCUT2D eigenvalue weighted by Crippen LogP contribution is -2.06. The largest absolute Gasteiger partial charge is 0.508 e. The molecule has 0 aliphatic rings. The fourth-order valence-corrected chi connectivity index (χ4v) is 2.77. The molecule has 1 heterocycles. The van der Waals surface area contributed by atoms with E-state index in [2.05, 4.69) is 10.3 Å². The number of ketones is 1. The summed E-state index contributed by atoms with van der Waals surface area (Å²) >= 11 is 0. The zero-order valence-corrected chi connectivity index (χ0v) is 14.2. The molecule has 0 unspecified atom stereocenters.